The minimum absolute atomic E-state index is 0.0132. The minimum Gasteiger partial charge on any atom is -0.497 e. The predicted octanol–water partition coefficient (Wildman–Crippen LogP) is 1.48. The second-order valence-corrected chi connectivity index (χ2v) is 4.24. The number of hydrogen-bond acceptors (Lipinski definition) is 3. The first-order chi connectivity index (χ1) is 9.24. The summed E-state index contributed by atoms with van der Waals surface area (Å²) in [4.78, 5) is 14.9. The summed E-state index contributed by atoms with van der Waals surface area (Å²) in [6, 6.07) is 5.77. The van der Waals surface area contributed by atoms with Crippen LogP contribution in [0, 0.1) is 0 Å². The number of nitrogens with one attached hydrogen (secondary N) is 2. The van der Waals surface area contributed by atoms with Gasteiger partial charge in [0.2, 0.25) is 5.91 Å². The number of fused-ring (bicyclic) bond motifs is 1. The molecule has 0 fully saturated rings. The van der Waals surface area contributed by atoms with Gasteiger partial charge >= 0.3 is 0 Å². The van der Waals surface area contributed by atoms with Crippen LogP contribution in [-0.4, -0.2) is 38.3 Å². The first-order valence-electron chi connectivity index (χ1n) is 6.14. The molecule has 0 spiro atoms. The molecule has 1 amide bonds. The number of aromatic nitrogens is 1. The normalized spacial score (nSPS) is 10.6. The zero-order valence-corrected chi connectivity index (χ0v) is 11.2. The van der Waals surface area contributed by atoms with Crippen molar-refractivity contribution in [1.82, 2.24) is 10.3 Å². The lowest BCUT2D eigenvalue weighted by Gasteiger charge is -2.04. The van der Waals surface area contributed by atoms with Gasteiger partial charge in [-0.3, -0.25) is 4.79 Å². The van der Waals surface area contributed by atoms with Gasteiger partial charge < -0.3 is 19.8 Å². The van der Waals surface area contributed by atoms with Crippen LogP contribution in [0.25, 0.3) is 10.9 Å². The monoisotopic (exact) mass is 262 g/mol. The average Bonchev–Trinajstić information content (AvgIpc) is 2.81. The summed E-state index contributed by atoms with van der Waals surface area (Å²) in [5, 5.41) is 3.82. The molecule has 0 bridgehead atoms. The second kappa shape index (κ2) is 6.24. The molecule has 1 aromatic heterocycles. The van der Waals surface area contributed by atoms with Crippen LogP contribution in [0.2, 0.25) is 0 Å². The number of rotatable bonds is 6. The van der Waals surface area contributed by atoms with E-state index in [2.05, 4.69) is 10.3 Å². The van der Waals surface area contributed by atoms with Crippen LogP contribution in [-0.2, 0) is 16.0 Å². The standard InChI is InChI=1S/C14H18N2O3/c1-18-6-5-15-14(17)7-10-9-16-13-4-3-11(19-2)8-12(10)13/h3-4,8-9,16H,5-7H2,1-2H3,(H,15,17). The van der Waals surface area contributed by atoms with Crippen LogP contribution in [0.5, 0.6) is 5.75 Å². The number of hydrogen-bond donors (Lipinski definition) is 2. The molecule has 1 heterocycles. The molecule has 5 heteroatoms. The van der Waals surface area contributed by atoms with Crippen LogP contribution in [0.1, 0.15) is 5.56 Å². The van der Waals surface area contributed by atoms with Gasteiger partial charge in [-0.2, -0.15) is 0 Å². The number of carbonyl (C=O) groups is 1. The van der Waals surface area contributed by atoms with Crippen LogP contribution < -0.4 is 10.1 Å². The first-order valence-corrected chi connectivity index (χ1v) is 6.14. The maximum Gasteiger partial charge on any atom is 0.224 e. The van der Waals surface area contributed by atoms with Crippen LogP contribution in [0.3, 0.4) is 0 Å². The van der Waals surface area contributed by atoms with E-state index >= 15 is 0 Å². The Labute approximate surface area is 111 Å². The van der Waals surface area contributed by atoms with Crippen molar-refractivity contribution in [2.24, 2.45) is 0 Å². The number of carbonyl (C=O) groups excluding carboxylic acids is 1. The van der Waals surface area contributed by atoms with Crippen molar-refractivity contribution in [1.29, 1.82) is 0 Å². The second-order valence-electron chi connectivity index (χ2n) is 4.24. The van der Waals surface area contributed by atoms with E-state index in [0.717, 1.165) is 22.2 Å². The molecule has 1 aromatic carbocycles. The Morgan fingerprint density at radius 1 is 1.37 bits per heavy atom. The third-order valence-electron chi connectivity index (χ3n) is 2.95. The molecule has 2 N–H and O–H groups in total. The smallest absolute Gasteiger partial charge is 0.224 e. The van der Waals surface area contributed by atoms with E-state index in [9.17, 15) is 4.79 Å². The van der Waals surface area contributed by atoms with E-state index in [1.807, 2.05) is 24.4 Å². The minimum atomic E-state index is -0.0132. The Morgan fingerprint density at radius 3 is 2.95 bits per heavy atom. The highest BCUT2D eigenvalue weighted by atomic mass is 16.5. The fraction of sp³-hybridized carbons (Fsp3) is 0.357. The summed E-state index contributed by atoms with van der Waals surface area (Å²) in [6.07, 6.45) is 2.21. The van der Waals surface area contributed by atoms with E-state index in [4.69, 9.17) is 9.47 Å². The lowest BCUT2D eigenvalue weighted by Crippen LogP contribution is -2.28. The summed E-state index contributed by atoms with van der Waals surface area (Å²) in [6.45, 7) is 1.05. The zero-order valence-electron chi connectivity index (χ0n) is 11.2. The maximum atomic E-state index is 11.8. The molecule has 0 aliphatic carbocycles. The Bertz CT molecular complexity index is 563. The summed E-state index contributed by atoms with van der Waals surface area (Å²) in [5.74, 6) is 0.772. The SMILES string of the molecule is COCCNC(=O)Cc1c[nH]c2ccc(OC)cc12. The molecular weight excluding hydrogens is 244 g/mol. The van der Waals surface area contributed by atoms with Crippen molar-refractivity contribution in [2.45, 2.75) is 6.42 Å². The number of aromatic amines is 1. The van der Waals surface area contributed by atoms with Crippen molar-refractivity contribution in [2.75, 3.05) is 27.4 Å². The molecule has 0 saturated heterocycles. The number of methoxy groups -OCH3 is 2. The quantitative estimate of drug-likeness (QED) is 0.775. The van der Waals surface area contributed by atoms with Crippen LogP contribution >= 0.6 is 0 Å². The van der Waals surface area contributed by atoms with Gasteiger partial charge in [0.1, 0.15) is 5.75 Å². The van der Waals surface area contributed by atoms with Crippen LogP contribution in [0.4, 0.5) is 0 Å². The number of H-pyrrole nitrogens is 1. The average molecular weight is 262 g/mol. The Hall–Kier alpha value is -2.01. The summed E-state index contributed by atoms with van der Waals surface area (Å²) >= 11 is 0. The lowest BCUT2D eigenvalue weighted by molar-refractivity contribution is -0.120. The molecular formula is C14H18N2O3. The molecule has 102 valence electrons. The van der Waals surface area contributed by atoms with Gasteiger partial charge in [0, 0.05) is 30.8 Å². The number of ether oxygens (including phenoxy) is 2. The summed E-state index contributed by atoms with van der Waals surface area (Å²) in [5.41, 5.74) is 1.96. The van der Waals surface area contributed by atoms with Crippen molar-refractivity contribution in [3.05, 3.63) is 30.0 Å². The van der Waals surface area contributed by atoms with Gasteiger partial charge in [-0.1, -0.05) is 0 Å². The largest absolute Gasteiger partial charge is 0.497 e. The van der Waals surface area contributed by atoms with Gasteiger partial charge in [-0.25, -0.2) is 0 Å². The Balaban J connectivity index is 2.09. The predicted molar refractivity (Wildman–Crippen MR) is 73.4 cm³/mol. The third-order valence-corrected chi connectivity index (χ3v) is 2.95. The van der Waals surface area contributed by atoms with E-state index in [0.29, 0.717) is 19.6 Å². The van der Waals surface area contributed by atoms with Gasteiger partial charge in [0.15, 0.2) is 0 Å². The zero-order chi connectivity index (χ0) is 13.7. The molecule has 19 heavy (non-hydrogen) atoms. The molecule has 0 atom stereocenters. The highest BCUT2D eigenvalue weighted by Crippen LogP contribution is 2.23. The molecule has 0 unspecified atom stereocenters. The molecule has 2 aromatic rings. The molecule has 0 aliphatic rings. The fourth-order valence-electron chi connectivity index (χ4n) is 1.96. The van der Waals surface area contributed by atoms with Gasteiger partial charge in [0.25, 0.3) is 0 Å². The highest BCUT2D eigenvalue weighted by Gasteiger charge is 2.09. The van der Waals surface area contributed by atoms with Crippen molar-refractivity contribution in [3.63, 3.8) is 0 Å². The van der Waals surface area contributed by atoms with Gasteiger partial charge in [-0.15, -0.1) is 0 Å². The van der Waals surface area contributed by atoms with E-state index in [-0.39, 0.29) is 5.91 Å². The molecule has 2 rings (SSSR count). The number of amides is 1. The van der Waals surface area contributed by atoms with Crippen molar-refractivity contribution in [3.8, 4) is 5.75 Å². The van der Waals surface area contributed by atoms with E-state index in [1.54, 1.807) is 14.2 Å². The Morgan fingerprint density at radius 2 is 2.21 bits per heavy atom. The highest BCUT2D eigenvalue weighted by molar-refractivity contribution is 5.89. The summed E-state index contributed by atoms with van der Waals surface area (Å²) < 4.78 is 10.1. The van der Waals surface area contributed by atoms with Crippen LogP contribution in [0.15, 0.2) is 24.4 Å². The first kappa shape index (κ1) is 13.4. The molecule has 0 aliphatic heterocycles. The van der Waals surface area contributed by atoms with E-state index < -0.39 is 0 Å². The Kier molecular flexibility index (Phi) is 4.41. The van der Waals surface area contributed by atoms with Crippen molar-refractivity contribution >= 4 is 16.8 Å². The van der Waals surface area contributed by atoms with Crippen molar-refractivity contribution < 1.29 is 14.3 Å². The van der Waals surface area contributed by atoms with Gasteiger partial charge in [0.05, 0.1) is 20.1 Å². The topological polar surface area (TPSA) is 63.3 Å². The fourth-order valence-corrected chi connectivity index (χ4v) is 1.96. The molecule has 0 saturated carbocycles. The third kappa shape index (κ3) is 3.26. The molecule has 5 nitrogen and oxygen atoms in total. The van der Waals surface area contributed by atoms with E-state index in [1.165, 1.54) is 0 Å². The molecule has 0 radical (unpaired) electrons. The number of benzene rings is 1. The maximum absolute atomic E-state index is 11.8. The lowest BCUT2D eigenvalue weighted by atomic mass is 10.1. The summed E-state index contributed by atoms with van der Waals surface area (Å²) in [7, 11) is 3.24. The van der Waals surface area contributed by atoms with Gasteiger partial charge in [-0.05, 0) is 23.8 Å².